The molecule has 1 fully saturated rings. The molecule has 6 heteroatoms. The van der Waals surface area contributed by atoms with Crippen LogP contribution >= 0.6 is 0 Å². The highest BCUT2D eigenvalue weighted by molar-refractivity contribution is 5.81. The maximum absolute atomic E-state index is 12.8. The van der Waals surface area contributed by atoms with Crippen molar-refractivity contribution in [2.45, 2.75) is 38.8 Å². The fraction of sp³-hybridized carbons (Fsp3) is 0.389. The number of aromatic nitrogens is 1. The summed E-state index contributed by atoms with van der Waals surface area (Å²) < 4.78 is 11.1. The number of amides is 1. The monoisotopic (exact) mass is 325 g/mol. The molecular formula is C18H19N3O3. The van der Waals surface area contributed by atoms with Gasteiger partial charge in [-0.15, -0.1) is 0 Å². The molecule has 24 heavy (non-hydrogen) atoms. The second-order valence-corrected chi connectivity index (χ2v) is 5.96. The maximum atomic E-state index is 12.8. The fourth-order valence-corrected chi connectivity index (χ4v) is 2.99. The molecule has 1 aromatic carbocycles. The van der Waals surface area contributed by atoms with Crippen molar-refractivity contribution in [3.8, 4) is 11.8 Å². The zero-order valence-corrected chi connectivity index (χ0v) is 13.7. The average Bonchev–Trinajstić information content (AvgIpc) is 3.22. The molecule has 1 saturated heterocycles. The van der Waals surface area contributed by atoms with E-state index in [0.29, 0.717) is 17.9 Å². The smallest absolute Gasteiger partial charge is 0.263 e. The maximum Gasteiger partial charge on any atom is 0.263 e. The number of rotatable bonds is 4. The third-order valence-electron chi connectivity index (χ3n) is 4.13. The number of hydrogen-bond donors (Lipinski definition) is 0. The molecule has 6 nitrogen and oxygen atoms in total. The minimum absolute atomic E-state index is 0.0878. The Kier molecular flexibility index (Phi) is 4.52. The highest BCUT2D eigenvalue weighted by atomic mass is 16.5. The molecule has 0 unspecified atom stereocenters. The van der Waals surface area contributed by atoms with E-state index in [4.69, 9.17) is 14.5 Å². The van der Waals surface area contributed by atoms with E-state index >= 15 is 0 Å². The Morgan fingerprint density at radius 1 is 1.50 bits per heavy atom. The summed E-state index contributed by atoms with van der Waals surface area (Å²) in [5.74, 6) is 1.15. The van der Waals surface area contributed by atoms with Gasteiger partial charge in [0.2, 0.25) is 0 Å². The molecule has 1 aliphatic heterocycles. The molecule has 2 heterocycles. The van der Waals surface area contributed by atoms with E-state index in [1.807, 2.05) is 13.0 Å². The van der Waals surface area contributed by atoms with Crippen molar-refractivity contribution < 1.29 is 14.1 Å². The molecule has 1 amide bonds. The van der Waals surface area contributed by atoms with Crippen molar-refractivity contribution in [3.63, 3.8) is 0 Å². The van der Waals surface area contributed by atoms with Crippen LogP contribution < -0.4 is 4.74 Å². The van der Waals surface area contributed by atoms with Gasteiger partial charge in [0.05, 0.1) is 23.4 Å². The molecule has 2 aromatic rings. The SMILES string of the molecule is Cc1cc([C@@H]2CCCN2C(=O)[C@@H](C)Oc2cccc(C#N)c2)on1. The van der Waals surface area contributed by atoms with Crippen molar-refractivity contribution in [1.29, 1.82) is 5.26 Å². The predicted octanol–water partition coefficient (Wildman–Crippen LogP) is 2.99. The molecule has 1 aromatic heterocycles. The number of likely N-dealkylation sites (tertiary alicyclic amines) is 1. The van der Waals surface area contributed by atoms with E-state index < -0.39 is 6.10 Å². The number of ether oxygens (including phenoxy) is 1. The minimum Gasteiger partial charge on any atom is -0.481 e. The van der Waals surface area contributed by atoms with Crippen LogP contribution in [0.2, 0.25) is 0 Å². The fourth-order valence-electron chi connectivity index (χ4n) is 2.99. The number of aryl methyl sites for hydroxylation is 1. The van der Waals surface area contributed by atoms with E-state index in [1.54, 1.807) is 36.1 Å². The van der Waals surface area contributed by atoms with Crippen LogP contribution in [0.4, 0.5) is 0 Å². The Balaban J connectivity index is 1.71. The van der Waals surface area contributed by atoms with Gasteiger partial charge in [0.25, 0.3) is 5.91 Å². The van der Waals surface area contributed by atoms with Gasteiger partial charge in [-0.1, -0.05) is 11.2 Å². The van der Waals surface area contributed by atoms with E-state index in [-0.39, 0.29) is 11.9 Å². The highest BCUT2D eigenvalue weighted by Crippen LogP contribution is 2.33. The molecule has 124 valence electrons. The van der Waals surface area contributed by atoms with Gasteiger partial charge in [-0.3, -0.25) is 4.79 Å². The van der Waals surface area contributed by atoms with Gasteiger partial charge >= 0.3 is 0 Å². The summed E-state index contributed by atoms with van der Waals surface area (Å²) in [5.41, 5.74) is 1.31. The largest absolute Gasteiger partial charge is 0.481 e. The molecule has 1 aliphatic rings. The standard InChI is InChI=1S/C18H19N3O3/c1-12-9-17(24-20-12)16-7-4-8-21(16)18(22)13(2)23-15-6-3-5-14(10-15)11-19/h3,5-6,9-10,13,16H,4,7-8H2,1-2H3/t13-,16+/m1/s1. The van der Waals surface area contributed by atoms with Crippen molar-refractivity contribution in [2.75, 3.05) is 6.54 Å². The van der Waals surface area contributed by atoms with Crippen LogP contribution in [0.5, 0.6) is 5.75 Å². The summed E-state index contributed by atoms with van der Waals surface area (Å²) in [5, 5.41) is 12.9. The van der Waals surface area contributed by atoms with Crippen molar-refractivity contribution in [1.82, 2.24) is 10.1 Å². The molecule has 3 rings (SSSR count). The molecule has 0 N–H and O–H groups in total. The summed E-state index contributed by atoms with van der Waals surface area (Å²) in [6, 6.07) is 10.7. The van der Waals surface area contributed by atoms with E-state index in [0.717, 1.165) is 24.3 Å². The molecular weight excluding hydrogens is 306 g/mol. The second kappa shape index (κ2) is 6.75. The quantitative estimate of drug-likeness (QED) is 0.863. The second-order valence-electron chi connectivity index (χ2n) is 5.96. The Bertz CT molecular complexity index is 778. The molecule has 0 saturated carbocycles. The third kappa shape index (κ3) is 3.25. The van der Waals surface area contributed by atoms with Crippen molar-refractivity contribution in [2.24, 2.45) is 0 Å². The van der Waals surface area contributed by atoms with Crippen molar-refractivity contribution >= 4 is 5.91 Å². The topological polar surface area (TPSA) is 79.4 Å². The lowest BCUT2D eigenvalue weighted by atomic mass is 10.1. The van der Waals surface area contributed by atoms with Crippen LogP contribution in [0.1, 0.15) is 42.8 Å². The van der Waals surface area contributed by atoms with Crippen LogP contribution in [0.25, 0.3) is 0 Å². The summed E-state index contributed by atoms with van der Waals surface area (Å²) >= 11 is 0. The molecule has 2 atom stereocenters. The summed E-state index contributed by atoms with van der Waals surface area (Å²) in [4.78, 5) is 14.6. The Hall–Kier alpha value is -2.81. The number of nitriles is 1. The molecule has 0 spiro atoms. The lowest BCUT2D eigenvalue weighted by Crippen LogP contribution is -2.40. The highest BCUT2D eigenvalue weighted by Gasteiger charge is 2.35. The number of benzene rings is 1. The summed E-state index contributed by atoms with van der Waals surface area (Å²) in [6.45, 7) is 4.26. The van der Waals surface area contributed by atoms with Crippen molar-refractivity contribution in [3.05, 3.63) is 47.3 Å². The predicted molar refractivity (Wildman–Crippen MR) is 86.2 cm³/mol. The third-order valence-corrected chi connectivity index (χ3v) is 4.13. The Morgan fingerprint density at radius 3 is 3.04 bits per heavy atom. The molecule has 0 radical (unpaired) electrons. The molecule has 0 bridgehead atoms. The van der Waals surface area contributed by atoms with Gasteiger partial charge < -0.3 is 14.2 Å². The van der Waals surface area contributed by atoms with Crippen LogP contribution in [0.15, 0.2) is 34.9 Å². The Labute approximate surface area is 140 Å². The number of nitrogens with zero attached hydrogens (tertiary/aromatic N) is 3. The normalized spacial score (nSPS) is 18.2. The first-order valence-electron chi connectivity index (χ1n) is 7.99. The van der Waals surface area contributed by atoms with Gasteiger partial charge in [-0.25, -0.2) is 0 Å². The first-order valence-corrected chi connectivity index (χ1v) is 7.99. The zero-order chi connectivity index (χ0) is 17.1. The lowest BCUT2D eigenvalue weighted by molar-refractivity contribution is -0.139. The molecule has 0 aliphatic carbocycles. The Morgan fingerprint density at radius 2 is 2.33 bits per heavy atom. The number of hydrogen-bond acceptors (Lipinski definition) is 5. The number of carbonyl (C=O) groups is 1. The van der Waals surface area contributed by atoms with E-state index in [9.17, 15) is 4.79 Å². The van der Waals surface area contributed by atoms with Gasteiger partial charge in [0.1, 0.15) is 5.75 Å². The first kappa shape index (κ1) is 16.1. The van der Waals surface area contributed by atoms with Gasteiger partial charge in [0, 0.05) is 12.6 Å². The first-order chi connectivity index (χ1) is 11.6. The lowest BCUT2D eigenvalue weighted by Gasteiger charge is -2.26. The van der Waals surface area contributed by atoms with Crippen LogP contribution in [0.3, 0.4) is 0 Å². The van der Waals surface area contributed by atoms with E-state index in [1.165, 1.54) is 0 Å². The average molecular weight is 325 g/mol. The van der Waals surface area contributed by atoms with E-state index in [2.05, 4.69) is 11.2 Å². The van der Waals surface area contributed by atoms with Crippen LogP contribution in [0, 0.1) is 18.3 Å². The summed E-state index contributed by atoms with van der Waals surface area (Å²) in [7, 11) is 0. The summed E-state index contributed by atoms with van der Waals surface area (Å²) in [6.07, 6.45) is 1.15. The zero-order valence-electron chi connectivity index (χ0n) is 13.7. The van der Waals surface area contributed by atoms with Gasteiger partial charge in [0.15, 0.2) is 11.9 Å². The van der Waals surface area contributed by atoms with Crippen LogP contribution in [-0.2, 0) is 4.79 Å². The van der Waals surface area contributed by atoms with Gasteiger partial charge in [-0.05, 0) is 44.9 Å². The minimum atomic E-state index is -0.636. The number of carbonyl (C=O) groups excluding carboxylic acids is 1. The van der Waals surface area contributed by atoms with Crippen LogP contribution in [-0.4, -0.2) is 28.6 Å². The van der Waals surface area contributed by atoms with Gasteiger partial charge in [-0.2, -0.15) is 5.26 Å².